The average Bonchev–Trinajstić information content (AvgIpc) is 3.92. The third-order valence-corrected chi connectivity index (χ3v) is 14.9. The van der Waals surface area contributed by atoms with Gasteiger partial charge in [-0.15, -0.1) is 56.7 Å². The molecule has 0 saturated carbocycles. The summed E-state index contributed by atoms with van der Waals surface area (Å²) in [4.78, 5) is 5.33. The molecule has 0 aliphatic rings. The molecule has 8 rings (SSSR count). The van der Waals surface area contributed by atoms with Gasteiger partial charge in [-0.05, 0) is 18.2 Å². The van der Waals surface area contributed by atoms with Gasteiger partial charge in [-0.1, -0.05) is 0 Å². The molecular formula is C34H12F6N6S5. The minimum absolute atomic E-state index is 0.0686. The lowest BCUT2D eigenvalue weighted by Gasteiger charge is -2.12. The number of rotatable bonds is 7. The number of hydrogen-bond donors (Lipinski definition) is 4. The highest BCUT2D eigenvalue weighted by Crippen LogP contribution is 2.54. The summed E-state index contributed by atoms with van der Waals surface area (Å²) in [5, 5.41) is 39.0. The van der Waals surface area contributed by atoms with E-state index in [0.29, 0.717) is 28.4 Å². The van der Waals surface area contributed by atoms with Crippen molar-refractivity contribution in [3.8, 4) is 16.6 Å². The van der Waals surface area contributed by atoms with Gasteiger partial charge in [0.2, 0.25) is 0 Å². The van der Waals surface area contributed by atoms with Crippen LogP contribution in [0.5, 0.6) is 0 Å². The van der Waals surface area contributed by atoms with Crippen LogP contribution in [0.25, 0.3) is 70.6 Å². The fraction of sp³-hybridized carbons (Fsp3) is 0. The van der Waals surface area contributed by atoms with Gasteiger partial charge in [-0.2, -0.15) is 5.26 Å². The maximum Gasteiger partial charge on any atom is 0.171 e. The summed E-state index contributed by atoms with van der Waals surface area (Å²) in [6.45, 7) is 0. The molecule has 0 saturated heterocycles. The number of fused-ring (bicyclic) bond motifs is 8. The standard InChI is InChI=1S/C34H12F6N6S5/c35-22-12(5-42)20(26(39)24(37)14(22)7-44)10(4-41)1-11-2-18-29(47-11)31-33(49-18)34-32(51-31)30-19(50-34)3-17(48-30)28-13(6-43)21-16(9-46-28)23(36)15(8-45)25(38)27(21)40/h1-5,7-9,41-42,44-45H/b10-1+,41-4?,42-5?,44-7?,45-8?. The highest BCUT2D eigenvalue weighted by Gasteiger charge is 2.27. The molecule has 0 atom stereocenters. The van der Waals surface area contributed by atoms with Crippen LogP contribution in [0.1, 0.15) is 32.7 Å². The van der Waals surface area contributed by atoms with Crippen molar-refractivity contribution >= 4 is 142 Å². The number of halogens is 6. The summed E-state index contributed by atoms with van der Waals surface area (Å²) in [5.74, 6) is -8.51. The van der Waals surface area contributed by atoms with Gasteiger partial charge in [-0.3, -0.25) is 4.98 Å². The smallest absolute Gasteiger partial charge is 0.171 e. The molecule has 250 valence electrons. The van der Waals surface area contributed by atoms with Crippen LogP contribution in [0.3, 0.4) is 0 Å². The fourth-order valence-corrected chi connectivity index (χ4v) is 13.1. The Morgan fingerprint density at radius 1 is 0.647 bits per heavy atom. The zero-order valence-corrected chi connectivity index (χ0v) is 28.9. The molecular weight excluding hydrogens is 767 g/mol. The zero-order valence-electron chi connectivity index (χ0n) is 24.8. The lowest BCUT2D eigenvalue weighted by molar-refractivity contribution is 0.490. The van der Waals surface area contributed by atoms with Gasteiger partial charge in [-0.25, -0.2) is 26.3 Å². The summed E-state index contributed by atoms with van der Waals surface area (Å²) < 4.78 is 96.8. The molecule has 8 aromatic rings. The summed E-state index contributed by atoms with van der Waals surface area (Å²) >= 11 is 7.17. The molecule has 17 heteroatoms. The molecule has 0 unspecified atom stereocenters. The van der Waals surface area contributed by atoms with E-state index in [1.165, 1.54) is 62.8 Å². The van der Waals surface area contributed by atoms with E-state index in [4.69, 9.17) is 21.6 Å². The van der Waals surface area contributed by atoms with Crippen LogP contribution in [0.2, 0.25) is 0 Å². The first-order chi connectivity index (χ1) is 24.6. The lowest BCUT2D eigenvalue weighted by Crippen LogP contribution is -2.09. The summed E-state index contributed by atoms with van der Waals surface area (Å²) in [6.07, 6.45) is 4.42. The predicted octanol–water partition coefficient (Wildman–Crippen LogP) is 11.7. The Kier molecular flexibility index (Phi) is 7.77. The minimum Gasteiger partial charge on any atom is -0.308 e. The minimum atomic E-state index is -1.58. The van der Waals surface area contributed by atoms with E-state index in [0.717, 1.165) is 50.0 Å². The van der Waals surface area contributed by atoms with E-state index in [1.54, 1.807) is 6.07 Å². The van der Waals surface area contributed by atoms with Gasteiger partial charge in [0.1, 0.15) is 17.7 Å². The van der Waals surface area contributed by atoms with E-state index in [1.807, 2.05) is 12.1 Å². The molecule has 0 spiro atoms. The van der Waals surface area contributed by atoms with Crippen molar-refractivity contribution in [1.82, 2.24) is 4.98 Å². The van der Waals surface area contributed by atoms with Crippen LogP contribution < -0.4 is 0 Å². The average molecular weight is 779 g/mol. The lowest BCUT2D eigenvalue weighted by atomic mass is 9.96. The van der Waals surface area contributed by atoms with Crippen molar-refractivity contribution in [3.05, 3.63) is 85.9 Å². The van der Waals surface area contributed by atoms with Crippen LogP contribution in [0.15, 0.2) is 18.3 Å². The fourth-order valence-electron chi connectivity index (χ4n) is 5.91. The number of aromatic nitrogens is 1. The van der Waals surface area contributed by atoms with Gasteiger partial charge >= 0.3 is 0 Å². The van der Waals surface area contributed by atoms with E-state index in [-0.39, 0.29) is 16.8 Å². The Morgan fingerprint density at radius 2 is 1.24 bits per heavy atom. The molecule has 6 heterocycles. The predicted molar refractivity (Wildman–Crippen MR) is 198 cm³/mol. The van der Waals surface area contributed by atoms with Crippen molar-refractivity contribution in [3.63, 3.8) is 0 Å². The van der Waals surface area contributed by atoms with Crippen molar-refractivity contribution in [2.24, 2.45) is 0 Å². The third kappa shape index (κ3) is 4.60. The first-order valence-corrected chi connectivity index (χ1v) is 18.3. The zero-order chi connectivity index (χ0) is 36.0. The van der Waals surface area contributed by atoms with Crippen LogP contribution >= 0.6 is 56.7 Å². The van der Waals surface area contributed by atoms with Gasteiger partial charge in [0.25, 0.3) is 0 Å². The quantitative estimate of drug-likeness (QED) is 0.0729. The molecule has 6 nitrogen and oxygen atoms in total. The Morgan fingerprint density at radius 3 is 1.86 bits per heavy atom. The number of thiophene rings is 5. The molecule has 0 fully saturated rings. The van der Waals surface area contributed by atoms with Crippen molar-refractivity contribution < 1.29 is 26.3 Å². The van der Waals surface area contributed by atoms with Crippen molar-refractivity contribution in [2.45, 2.75) is 0 Å². The molecule has 51 heavy (non-hydrogen) atoms. The molecule has 2 aromatic carbocycles. The van der Waals surface area contributed by atoms with E-state index in [9.17, 15) is 22.8 Å². The monoisotopic (exact) mass is 778 g/mol. The molecule has 0 aliphatic carbocycles. The van der Waals surface area contributed by atoms with Crippen LogP contribution in [0.4, 0.5) is 26.3 Å². The summed E-state index contributed by atoms with van der Waals surface area (Å²) in [7, 11) is 0. The number of pyridine rings is 1. The first-order valence-electron chi connectivity index (χ1n) is 14.2. The Labute approximate surface area is 300 Å². The summed E-state index contributed by atoms with van der Waals surface area (Å²) in [5.41, 5.74) is -3.37. The second-order valence-electron chi connectivity index (χ2n) is 10.8. The van der Waals surface area contributed by atoms with Gasteiger partial charge < -0.3 is 21.6 Å². The van der Waals surface area contributed by atoms with Crippen LogP contribution in [0, 0.1) is 67.9 Å². The number of hydrogen-bond acceptors (Lipinski definition) is 11. The number of nitrogens with one attached hydrogen (secondary N) is 4. The Balaban J connectivity index is 1.24. The van der Waals surface area contributed by atoms with Crippen molar-refractivity contribution in [1.29, 1.82) is 26.9 Å². The Hall–Kier alpha value is -5.12. The second-order valence-corrected chi connectivity index (χ2v) is 16.1. The van der Waals surface area contributed by atoms with E-state index in [2.05, 4.69) is 4.98 Å². The molecule has 0 bridgehead atoms. The largest absolute Gasteiger partial charge is 0.308 e. The normalized spacial score (nSPS) is 12.1. The topological polar surface area (TPSA) is 132 Å². The van der Waals surface area contributed by atoms with E-state index >= 15 is 8.78 Å². The molecule has 0 radical (unpaired) electrons. The SMILES string of the molecule is N#Cc1c(-c2cc3sc4c(sc5c6sc(/C=C(\C=N)c7c(F)c(F)c(C=N)c(F)c7C=N)cc6sc54)c3s2)ncc2c(F)c(C=N)c(F)c(F)c12. The van der Waals surface area contributed by atoms with Gasteiger partial charge in [0.15, 0.2) is 23.3 Å². The second kappa shape index (κ2) is 12.0. The third-order valence-electron chi connectivity index (χ3n) is 8.19. The van der Waals surface area contributed by atoms with Crippen molar-refractivity contribution in [2.75, 3.05) is 0 Å². The van der Waals surface area contributed by atoms with Gasteiger partial charge in [0, 0.05) is 72.8 Å². The van der Waals surface area contributed by atoms with Crippen LogP contribution in [-0.4, -0.2) is 29.8 Å². The molecule has 0 aliphatic heterocycles. The first kappa shape index (κ1) is 33.0. The number of nitriles is 1. The maximum atomic E-state index is 15.1. The highest BCUT2D eigenvalue weighted by molar-refractivity contribution is 7.48. The highest BCUT2D eigenvalue weighted by atomic mass is 32.1. The molecule has 0 amide bonds. The maximum absolute atomic E-state index is 15.1. The number of allylic oxidation sites excluding steroid dienone is 1. The number of benzene rings is 2. The molecule has 6 aromatic heterocycles. The number of nitrogens with zero attached hydrogens (tertiary/aromatic N) is 2. The molecule has 4 N–H and O–H groups in total. The Bertz CT molecular complexity index is 2990. The summed E-state index contributed by atoms with van der Waals surface area (Å²) in [6, 6.07) is 5.48. The van der Waals surface area contributed by atoms with Crippen LogP contribution in [-0.2, 0) is 0 Å². The van der Waals surface area contributed by atoms with Gasteiger partial charge in [0.05, 0.1) is 55.5 Å². The van der Waals surface area contributed by atoms with E-state index < -0.39 is 67.9 Å².